The number of aliphatic hydroxyl groups is 1. The van der Waals surface area contributed by atoms with Crippen LogP contribution < -0.4 is 10.6 Å². The maximum atomic E-state index is 12.5. The zero-order valence-corrected chi connectivity index (χ0v) is 15.4. The maximum absolute atomic E-state index is 12.5. The molecule has 0 fully saturated rings. The van der Waals surface area contributed by atoms with Gasteiger partial charge in [-0.15, -0.1) is 5.10 Å². The van der Waals surface area contributed by atoms with Crippen molar-refractivity contribution >= 4 is 27.6 Å². The standard InChI is InChI=1S/C14H15N9O5S/c24-9(5-15-13(26)11-6-16-21-18-11)7-29(27,28)10-3-1-2-8(4-10)12(25)17-14-19-22-23-20-14/h1-4,6,9,24H,5,7H2,(H,15,26)(H,16,18,21)(H2,17,19,20,22,23,25). The Morgan fingerprint density at radius 1 is 1.17 bits per heavy atom. The number of amides is 2. The number of benzene rings is 1. The Labute approximate surface area is 163 Å². The summed E-state index contributed by atoms with van der Waals surface area (Å²) in [6, 6.07) is 5.26. The molecule has 15 heteroatoms. The largest absolute Gasteiger partial charge is 0.390 e. The van der Waals surface area contributed by atoms with Crippen molar-refractivity contribution in [1.82, 2.24) is 41.4 Å². The van der Waals surface area contributed by atoms with Gasteiger partial charge < -0.3 is 10.4 Å². The molecule has 3 aromatic rings. The van der Waals surface area contributed by atoms with Crippen LogP contribution >= 0.6 is 0 Å². The van der Waals surface area contributed by atoms with Crippen molar-refractivity contribution in [1.29, 1.82) is 0 Å². The summed E-state index contributed by atoms with van der Waals surface area (Å²) in [6.45, 7) is -0.310. The van der Waals surface area contributed by atoms with E-state index in [1.165, 1.54) is 24.4 Å². The molecule has 0 radical (unpaired) electrons. The SMILES string of the molecule is O=C(Nc1nnn[nH]1)c1cccc(S(=O)(=O)CC(O)CNC(=O)c2cnn[nH]2)c1. The number of hydrogen-bond donors (Lipinski definition) is 5. The van der Waals surface area contributed by atoms with E-state index >= 15 is 0 Å². The minimum atomic E-state index is -3.94. The number of sulfone groups is 1. The average molecular weight is 421 g/mol. The van der Waals surface area contributed by atoms with Gasteiger partial charge in [-0.05, 0) is 28.6 Å². The molecule has 0 bridgehead atoms. The molecule has 0 aliphatic carbocycles. The molecule has 0 saturated heterocycles. The summed E-state index contributed by atoms with van der Waals surface area (Å²) in [5.74, 6) is -1.87. The molecule has 1 atom stereocenters. The van der Waals surface area contributed by atoms with Crippen LogP contribution in [0.4, 0.5) is 5.95 Å². The van der Waals surface area contributed by atoms with Crippen molar-refractivity contribution in [3.63, 3.8) is 0 Å². The van der Waals surface area contributed by atoms with E-state index in [-0.39, 0.29) is 28.6 Å². The monoisotopic (exact) mass is 421 g/mol. The van der Waals surface area contributed by atoms with Gasteiger partial charge in [0.25, 0.3) is 11.8 Å². The fourth-order valence-electron chi connectivity index (χ4n) is 2.24. The molecule has 0 aliphatic heterocycles. The first-order chi connectivity index (χ1) is 13.8. The fraction of sp³-hybridized carbons (Fsp3) is 0.214. The van der Waals surface area contributed by atoms with Crippen LogP contribution in [0.2, 0.25) is 0 Å². The second-order valence-corrected chi connectivity index (χ2v) is 7.78. The van der Waals surface area contributed by atoms with Crippen LogP contribution in [0, 0.1) is 0 Å². The van der Waals surface area contributed by atoms with Gasteiger partial charge in [-0.1, -0.05) is 16.4 Å². The summed E-state index contributed by atoms with van der Waals surface area (Å²) in [5, 5.41) is 36.3. The summed E-state index contributed by atoms with van der Waals surface area (Å²) < 4.78 is 25.1. The smallest absolute Gasteiger partial charge is 0.271 e. The number of carbonyl (C=O) groups is 2. The van der Waals surface area contributed by atoms with Crippen molar-refractivity contribution < 1.29 is 23.1 Å². The lowest BCUT2D eigenvalue weighted by molar-refractivity contribution is 0.0919. The Balaban J connectivity index is 1.62. The molecule has 0 saturated carbocycles. The van der Waals surface area contributed by atoms with Gasteiger partial charge in [0, 0.05) is 12.1 Å². The fourth-order valence-corrected chi connectivity index (χ4v) is 3.65. The molecule has 3 rings (SSSR count). The van der Waals surface area contributed by atoms with Crippen LogP contribution in [0.3, 0.4) is 0 Å². The van der Waals surface area contributed by atoms with Crippen molar-refractivity contribution in [2.24, 2.45) is 0 Å². The van der Waals surface area contributed by atoms with Crippen LogP contribution in [-0.4, -0.2) is 79.8 Å². The Hall–Kier alpha value is -3.72. The molecule has 5 N–H and O–H groups in total. The summed E-state index contributed by atoms with van der Waals surface area (Å²) in [5.41, 5.74) is 0.123. The number of H-pyrrole nitrogens is 2. The molecule has 1 aromatic carbocycles. The van der Waals surface area contributed by atoms with Crippen molar-refractivity contribution in [2.45, 2.75) is 11.0 Å². The van der Waals surface area contributed by atoms with Crippen molar-refractivity contribution in [3.8, 4) is 0 Å². The second-order valence-electron chi connectivity index (χ2n) is 5.75. The highest BCUT2D eigenvalue weighted by Crippen LogP contribution is 2.15. The highest BCUT2D eigenvalue weighted by molar-refractivity contribution is 7.91. The third kappa shape index (κ3) is 5.17. The van der Waals surface area contributed by atoms with E-state index in [0.29, 0.717) is 0 Å². The molecule has 0 spiro atoms. The zero-order valence-electron chi connectivity index (χ0n) is 14.6. The normalized spacial score (nSPS) is 12.3. The number of anilines is 1. The van der Waals surface area contributed by atoms with E-state index in [9.17, 15) is 23.1 Å². The van der Waals surface area contributed by atoms with Crippen LogP contribution in [0.1, 0.15) is 20.8 Å². The van der Waals surface area contributed by atoms with E-state index in [0.717, 1.165) is 6.07 Å². The van der Waals surface area contributed by atoms with Gasteiger partial charge in [0.05, 0.1) is 22.9 Å². The first-order valence-corrected chi connectivity index (χ1v) is 9.70. The van der Waals surface area contributed by atoms with Gasteiger partial charge in [-0.2, -0.15) is 0 Å². The number of aromatic nitrogens is 7. The highest BCUT2D eigenvalue weighted by Gasteiger charge is 2.22. The molecule has 1 unspecified atom stereocenters. The van der Waals surface area contributed by atoms with Gasteiger partial charge in [-0.25, -0.2) is 13.5 Å². The van der Waals surface area contributed by atoms with E-state index < -0.39 is 33.5 Å². The topological polar surface area (TPSA) is 209 Å². The maximum Gasteiger partial charge on any atom is 0.271 e. The van der Waals surface area contributed by atoms with Crippen molar-refractivity contribution in [3.05, 3.63) is 41.7 Å². The number of nitrogens with one attached hydrogen (secondary N) is 4. The van der Waals surface area contributed by atoms with Crippen molar-refractivity contribution in [2.75, 3.05) is 17.6 Å². The third-order valence-electron chi connectivity index (χ3n) is 3.60. The van der Waals surface area contributed by atoms with Gasteiger partial charge >= 0.3 is 0 Å². The Morgan fingerprint density at radius 3 is 2.69 bits per heavy atom. The van der Waals surface area contributed by atoms with Crippen LogP contribution in [-0.2, 0) is 9.84 Å². The minimum absolute atomic E-state index is 0.00175. The molecule has 14 nitrogen and oxygen atoms in total. The number of nitrogens with zero attached hydrogens (tertiary/aromatic N) is 5. The summed E-state index contributed by atoms with van der Waals surface area (Å²) in [6.07, 6.45) is -0.193. The van der Waals surface area contributed by atoms with Gasteiger partial charge in [-0.3, -0.25) is 20.0 Å². The number of carbonyl (C=O) groups excluding carboxylic acids is 2. The third-order valence-corrected chi connectivity index (χ3v) is 5.40. The molecular formula is C14H15N9O5S. The Bertz CT molecular complexity index is 1080. The molecule has 2 heterocycles. The second kappa shape index (κ2) is 8.53. The highest BCUT2D eigenvalue weighted by atomic mass is 32.2. The van der Waals surface area contributed by atoms with Gasteiger partial charge in [0.1, 0.15) is 5.69 Å². The van der Waals surface area contributed by atoms with E-state index in [2.05, 4.69) is 46.7 Å². The first kappa shape index (κ1) is 20.0. The lowest BCUT2D eigenvalue weighted by atomic mass is 10.2. The summed E-state index contributed by atoms with van der Waals surface area (Å²) in [4.78, 5) is 23.8. The number of hydrogen-bond acceptors (Lipinski definition) is 10. The van der Waals surface area contributed by atoms with E-state index in [4.69, 9.17) is 0 Å². The number of aromatic amines is 2. The van der Waals surface area contributed by atoms with Crippen LogP contribution in [0.15, 0.2) is 35.4 Å². The predicted molar refractivity (Wildman–Crippen MR) is 95.3 cm³/mol. The zero-order chi connectivity index (χ0) is 20.9. The predicted octanol–water partition coefficient (Wildman–Crippen LogP) is -1.87. The number of rotatable bonds is 8. The van der Waals surface area contributed by atoms with Crippen LogP contribution in [0.5, 0.6) is 0 Å². The van der Waals surface area contributed by atoms with Gasteiger partial charge in [0.15, 0.2) is 9.84 Å². The quantitative estimate of drug-likeness (QED) is 0.274. The van der Waals surface area contributed by atoms with E-state index in [1.54, 1.807) is 0 Å². The molecule has 2 aromatic heterocycles. The lowest BCUT2D eigenvalue weighted by Crippen LogP contribution is -2.36. The molecule has 0 aliphatic rings. The minimum Gasteiger partial charge on any atom is -0.390 e. The average Bonchev–Trinajstić information content (AvgIpc) is 3.40. The molecule has 152 valence electrons. The number of tetrazole rings is 1. The Morgan fingerprint density at radius 2 is 2.00 bits per heavy atom. The summed E-state index contributed by atoms with van der Waals surface area (Å²) in [7, 11) is -3.94. The summed E-state index contributed by atoms with van der Waals surface area (Å²) >= 11 is 0. The molecular weight excluding hydrogens is 406 g/mol. The number of aliphatic hydroxyl groups excluding tert-OH is 1. The van der Waals surface area contributed by atoms with E-state index in [1.807, 2.05) is 0 Å². The molecule has 29 heavy (non-hydrogen) atoms. The van der Waals surface area contributed by atoms with Crippen LogP contribution in [0.25, 0.3) is 0 Å². The van der Waals surface area contributed by atoms with Gasteiger partial charge in [0.2, 0.25) is 5.95 Å². The lowest BCUT2D eigenvalue weighted by Gasteiger charge is -2.12. The first-order valence-electron chi connectivity index (χ1n) is 8.05. The molecule has 2 amide bonds. The Kier molecular flexibility index (Phi) is 5.89.